The van der Waals surface area contributed by atoms with Crippen molar-refractivity contribution in [2.24, 2.45) is 0 Å². The molecule has 0 unspecified atom stereocenters. The Balaban J connectivity index is 1.33. The molecule has 10 aromatic rings. The van der Waals surface area contributed by atoms with E-state index in [2.05, 4.69) is 170 Å². The molecular formula is C46H31NS. The zero-order valence-corrected chi connectivity index (χ0v) is 27.6. The molecule has 10 rings (SSSR count). The molecule has 0 aliphatic carbocycles. The maximum absolute atomic E-state index is 2.51. The highest BCUT2D eigenvalue weighted by Crippen LogP contribution is 2.48. The first-order chi connectivity index (χ1) is 23.7. The Bertz CT molecular complexity index is 2900. The van der Waals surface area contributed by atoms with Crippen molar-refractivity contribution in [2.45, 2.75) is 13.8 Å². The normalized spacial score (nSPS) is 12.0. The lowest BCUT2D eigenvalue weighted by Gasteiger charge is -2.13. The maximum atomic E-state index is 2.51. The third kappa shape index (κ3) is 3.90. The van der Waals surface area contributed by atoms with E-state index < -0.39 is 0 Å². The zero-order valence-electron chi connectivity index (χ0n) is 26.8. The molecule has 2 heteroatoms. The monoisotopic (exact) mass is 629 g/mol. The van der Waals surface area contributed by atoms with Crippen LogP contribution in [0, 0.1) is 13.8 Å². The van der Waals surface area contributed by atoms with Crippen LogP contribution in [0.15, 0.2) is 152 Å². The number of nitrogens with zero attached hydrogens (tertiary/aromatic N) is 1. The van der Waals surface area contributed by atoms with E-state index in [9.17, 15) is 0 Å². The molecule has 226 valence electrons. The van der Waals surface area contributed by atoms with Gasteiger partial charge in [-0.3, -0.25) is 0 Å². The molecule has 2 heterocycles. The largest absolute Gasteiger partial charge is 0.309 e. The number of hydrogen-bond acceptors (Lipinski definition) is 1. The number of para-hydroxylation sites is 1. The van der Waals surface area contributed by atoms with Gasteiger partial charge in [0, 0.05) is 47.4 Å². The summed E-state index contributed by atoms with van der Waals surface area (Å²) in [6, 6.07) is 56.2. The van der Waals surface area contributed by atoms with Crippen LogP contribution in [0.25, 0.3) is 91.5 Å². The standard InChI is InChI=1S/C46H31NS/c1-28-12-6-7-15-33(28)34-22-20-30(26-29(34)2)31-21-23-37-40(27-31)47(32-13-4-3-5-14-32)46-39-24-25-42-45(38-18-10-11-19-41(38)48-42)43(39)35-16-8-9-17-36(35)44(37)46/h3-27H,1-2H3. The highest BCUT2D eigenvalue weighted by Gasteiger charge is 2.22. The summed E-state index contributed by atoms with van der Waals surface area (Å²) < 4.78 is 5.18. The molecule has 8 aromatic carbocycles. The maximum Gasteiger partial charge on any atom is 0.0626 e. The number of benzene rings is 8. The Hall–Kier alpha value is -5.70. The van der Waals surface area contributed by atoms with Crippen LogP contribution < -0.4 is 0 Å². The summed E-state index contributed by atoms with van der Waals surface area (Å²) in [5.41, 5.74) is 11.3. The summed E-state index contributed by atoms with van der Waals surface area (Å²) in [6.07, 6.45) is 0. The van der Waals surface area contributed by atoms with Crippen LogP contribution in [0.3, 0.4) is 0 Å². The van der Waals surface area contributed by atoms with Crippen molar-refractivity contribution in [1.82, 2.24) is 4.57 Å². The molecule has 0 fully saturated rings. The second-order valence-corrected chi connectivity index (χ2v) is 14.1. The van der Waals surface area contributed by atoms with Gasteiger partial charge in [-0.2, -0.15) is 0 Å². The molecule has 0 aliphatic rings. The van der Waals surface area contributed by atoms with Gasteiger partial charge in [0.1, 0.15) is 0 Å². The highest BCUT2D eigenvalue weighted by atomic mass is 32.1. The predicted octanol–water partition coefficient (Wildman–Crippen LogP) is 13.4. The van der Waals surface area contributed by atoms with Crippen molar-refractivity contribution in [3.8, 4) is 27.9 Å². The summed E-state index contributed by atoms with van der Waals surface area (Å²) in [7, 11) is 0. The van der Waals surface area contributed by atoms with Crippen LogP contribution in [0.4, 0.5) is 0 Å². The molecule has 48 heavy (non-hydrogen) atoms. The predicted molar refractivity (Wildman–Crippen MR) is 209 cm³/mol. The van der Waals surface area contributed by atoms with Gasteiger partial charge in [-0.05, 0) is 88.3 Å². The zero-order chi connectivity index (χ0) is 31.9. The lowest BCUT2D eigenvalue weighted by molar-refractivity contribution is 1.19. The average molecular weight is 630 g/mol. The van der Waals surface area contributed by atoms with Crippen molar-refractivity contribution < 1.29 is 0 Å². The number of aromatic nitrogens is 1. The van der Waals surface area contributed by atoms with Gasteiger partial charge in [0.15, 0.2) is 0 Å². The third-order valence-electron chi connectivity index (χ3n) is 10.2. The van der Waals surface area contributed by atoms with E-state index in [0.717, 1.165) is 0 Å². The van der Waals surface area contributed by atoms with Crippen LogP contribution in [-0.2, 0) is 0 Å². The third-order valence-corrected chi connectivity index (χ3v) is 11.4. The van der Waals surface area contributed by atoms with Gasteiger partial charge >= 0.3 is 0 Å². The molecule has 0 radical (unpaired) electrons. The first kappa shape index (κ1) is 27.4. The number of aryl methyl sites for hydroxylation is 2. The number of thiophene rings is 1. The summed E-state index contributed by atoms with van der Waals surface area (Å²) in [5, 5.41) is 10.5. The molecule has 0 atom stereocenters. The Morgan fingerprint density at radius 2 is 1.06 bits per heavy atom. The van der Waals surface area contributed by atoms with E-state index in [0.29, 0.717) is 0 Å². The SMILES string of the molecule is Cc1ccccc1-c1ccc(-c2ccc3c4c5ccccc5c5c(ccc6sc7ccccc7c65)c4n(-c4ccccc4)c3c2)cc1C. The molecule has 0 aliphatic heterocycles. The quantitative estimate of drug-likeness (QED) is 0.171. The fourth-order valence-corrected chi connectivity index (χ4v) is 9.19. The van der Waals surface area contributed by atoms with E-state index in [1.54, 1.807) is 0 Å². The second-order valence-electron chi connectivity index (χ2n) is 13.0. The summed E-state index contributed by atoms with van der Waals surface area (Å²) >= 11 is 1.89. The van der Waals surface area contributed by atoms with Crippen LogP contribution in [0.1, 0.15) is 11.1 Å². The fraction of sp³-hybridized carbons (Fsp3) is 0.0435. The van der Waals surface area contributed by atoms with Gasteiger partial charge in [0.05, 0.1) is 11.0 Å². The summed E-state index contributed by atoms with van der Waals surface area (Å²) in [5.74, 6) is 0. The Morgan fingerprint density at radius 3 is 1.88 bits per heavy atom. The van der Waals surface area contributed by atoms with Gasteiger partial charge in [-0.25, -0.2) is 0 Å². The minimum absolute atomic E-state index is 1.17. The van der Waals surface area contributed by atoms with Gasteiger partial charge in [-0.1, -0.05) is 121 Å². The topological polar surface area (TPSA) is 4.93 Å². The van der Waals surface area contributed by atoms with Crippen LogP contribution in [-0.4, -0.2) is 4.57 Å². The number of rotatable bonds is 3. The highest BCUT2D eigenvalue weighted by molar-refractivity contribution is 7.26. The van der Waals surface area contributed by atoms with Gasteiger partial charge in [0.25, 0.3) is 0 Å². The van der Waals surface area contributed by atoms with Gasteiger partial charge in [-0.15, -0.1) is 11.3 Å². The molecule has 0 amide bonds. The van der Waals surface area contributed by atoms with Crippen molar-refractivity contribution in [3.63, 3.8) is 0 Å². The van der Waals surface area contributed by atoms with Crippen molar-refractivity contribution in [1.29, 1.82) is 0 Å². The lowest BCUT2D eigenvalue weighted by Crippen LogP contribution is -1.95. The Labute approximate surface area is 282 Å². The number of fused-ring (bicyclic) bond motifs is 12. The first-order valence-corrected chi connectivity index (χ1v) is 17.4. The van der Waals surface area contributed by atoms with Gasteiger partial charge in [0.2, 0.25) is 0 Å². The van der Waals surface area contributed by atoms with Crippen LogP contribution >= 0.6 is 11.3 Å². The Morgan fingerprint density at radius 1 is 0.417 bits per heavy atom. The van der Waals surface area contributed by atoms with Crippen molar-refractivity contribution in [2.75, 3.05) is 0 Å². The van der Waals surface area contributed by atoms with Crippen molar-refractivity contribution in [3.05, 3.63) is 163 Å². The molecular weight excluding hydrogens is 599 g/mol. The Kier molecular flexibility index (Phi) is 5.94. The van der Waals surface area contributed by atoms with Crippen LogP contribution in [0.5, 0.6) is 0 Å². The fourth-order valence-electron chi connectivity index (χ4n) is 8.07. The molecule has 2 aromatic heterocycles. The number of hydrogen-bond donors (Lipinski definition) is 0. The lowest BCUT2D eigenvalue weighted by atomic mass is 9.92. The average Bonchev–Trinajstić information content (AvgIpc) is 3.68. The minimum Gasteiger partial charge on any atom is -0.309 e. The first-order valence-electron chi connectivity index (χ1n) is 16.6. The summed E-state index contributed by atoms with van der Waals surface area (Å²) in [4.78, 5) is 0. The van der Waals surface area contributed by atoms with E-state index in [-0.39, 0.29) is 0 Å². The minimum atomic E-state index is 1.17. The van der Waals surface area contributed by atoms with Gasteiger partial charge < -0.3 is 4.57 Å². The molecule has 0 bridgehead atoms. The van der Waals surface area contributed by atoms with Crippen LogP contribution in [0.2, 0.25) is 0 Å². The summed E-state index contributed by atoms with van der Waals surface area (Å²) in [6.45, 7) is 4.43. The van der Waals surface area contributed by atoms with E-state index in [1.807, 2.05) is 11.3 Å². The van der Waals surface area contributed by atoms with E-state index in [4.69, 9.17) is 0 Å². The molecule has 0 saturated carbocycles. The van der Waals surface area contributed by atoms with Crippen molar-refractivity contribution >= 4 is 74.9 Å². The molecule has 0 saturated heterocycles. The molecule has 1 nitrogen and oxygen atoms in total. The smallest absolute Gasteiger partial charge is 0.0626 e. The molecule has 0 spiro atoms. The second kappa shape index (κ2) is 10.4. The molecule has 0 N–H and O–H groups in total. The van der Waals surface area contributed by atoms with E-state index >= 15 is 0 Å². The van der Waals surface area contributed by atoms with E-state index in [1.165, 1.54) is 103 Å².